The van der Waals surface area contributed by atoms with Gasteiger partial charge in [-0.25, -0.2) is 0 Å². The fraction of sp³-hybridized carbons (Fsp3) is 1.00. The maximum absolute atomic E-state index is 10.1. The van der Waals surface area contributed by atoms with Crippen molar-refractivity contribution in [2.75, 3.05) is 19.8 Å². The lowest BCUT2D eigenvalue weighted by molar-refractivity contribution is -0.407. The first-order valence-electron chi connectivity index (χ1n) is 7.13. The topological polar surface area (TPSA) is 210 Å². The molecule has 2 fully saturated rings. The number of rotatable bonds is 4. The van der Waals surface area contributed by atoms with Crippen molar-refractivity contribution in [2.24, 2.45) is 0 Å². The van der Waals surface area contributed by atoms with Gasteiger partial charge in [0.1, 0.15) is 43.2 Å². The number of aliphatic hydroxyl groups excluding tert-OH is 7. The molecule has 1 unspecified atom stereocenters. The zero-order valence-electron chi connectivity index (χ0n) is 12.4. The summed E-state index contributed by atoms with van der Waals surface area (Å²) in [4.78, 5) is 0. The Morgan fingerprint density at radius 2 is 1.38 bits per heavy atom. The molecule has 2 aliphatic heterocycles. The van der Waals surface area contributed by atoms with E-state index in [-0.39, 0.29) is 0 Å². The van der Waals surface area contributed by atoms with Crippen LogP contribution in [0.25, 0.3) is 0 Å². The second-order valence-electron chi connectivity index (χ2n) is 5.89. The van der Waals surface area contributed by atoms with Crippen LogP contribution in [0.15, 0.2) is 0 Å². The molecule has 2 aliphatic rings. The molecule has 142 valence electrons. The Kier molecular flexibility index (Phi) is 5.81. The minimum atomic E-state index is -2.83. The molecule has 0 aliphatic carbocycles. The summed E-state index contributed by atoms with van der Waals surface area (Å²) in [5, 5.41) is 87.1. The van der Waals surface area contributed by atoms with Crippen molar-refractivity contribution in [3.8, 4) is 0 Å². The maximum atomic E-state index is 10.1. The zero-order valence-corrected chi connectivity index (χ0v) is 12.4. The fourth-order valence-corrected chi connectivity index (χ4v) is 2.41. The van der Waals surface area contributed by atoms with E-state index in [1.54, 1.807) is 0 Å². The minimum Gasteiger partial charge on any atom is -0.388 e. The third kappa shape index (κ3) is 3.41. The Balaban J connectivity index is 2.01. The summed E-state index contributed by atoms with van der Waals surface area (Å²) >= 11 is 0. The summed E-state index contributed by atoms with van der Waals surface area (Å²) in [7, 11) is 0. The first-order valence-corrected chi connectivity index (χ1v) is 7.13. The van der Waals surface area contributed by atoms with Gasteiger partial charge in [0, 0.05) is 0 Å². The van der Waals surface area contributed by atoms with Gasteiger partial charge in [0.25, 0.3) is 0 Å². The van der Waals surface area contributed by atoms with Crippen molar-refractivity contribution in [3.63, 3.8) is 0 Å². The van der Waals surface area contributed by atoms with E-state index >= 15 is 0 Å². The summed E-state index contributed by atoms with van der Waals surface area (Å²) in [6.07, 6.45) is -13.0. The summed E-state index contributed by atoms with van der Waals surface area (Å²) in [5.41, 5.74) is 0. The second-order valence-corrected chi connectivity index (χ2v) is 5.89. The van der Waals surface area contributed by atoms with E-state index in [0.717, 1.165) is 0 Å². The average molecular weight is 358 g/mol. The van der Waals surface area contributed by atoms with Crippen molar-refractivity contribution < 1.29 is 60.2 Å². The van der Waals surface area contributed by atoms with Crippen LogP contribution >= 0.6 is 0 Å². The van der Waals surface area contributed by atoms with E-state index in [2.05, 4.69) is 0 Å². The third-order valence-electron chi connectivity index (χ3n) is 4.11. The van der Waals surface area contributed by atoms with E-state index in [1.807, 2.05) is 0 Å². The molecule has 0 bridgehead atoms. The van der Waals surface area contributed by atoms with Gasteiger partial charge >= 0.3 is 0 Å². The highest BCUT2D eigenvalue weighted by Crippen LogP contribution is 2.30. The maximum Gasteiger partial charge on any atom is 0.247 e. The van der Waals surface area contributed by atoms with E-state index in [9.17, 15) is 46.0 Å². The van der Waals surface area contributed by atoms with Gasteiger partial charge in [0.2, 0.25) is 17.9 Å². The second kappa shape index (κ2) is 7.03. The molecule has 2 heterocycles. The molecule has 9 N–H and O–H groups in total. The molecule has 12 nitrogen and oxygen atoms in total. The Labute approximate surface area is 135 Å². The van der Waals surface area contributed by atoms with Crippen molar-refractivity contribution in [1.29, 1.82) is 0 Å². The number of hydrogen-bond acceptors (Lipinski definition) is 12. The molecule has 2 saturated heterocycles. The van der Waals surface area contributed by atoms with Gasteiger partial charge in [-0.2, -0.15) is 0 Å². The first-order chi connectivity index (χ1) is 11.0. The van der Waals surface area contributed by atoms with Crippen LogP contribution in [0.4, 0.5) is 0 Å². The van der Waals surface area contributed by atoms with Crippen LogP contribution in [0.1, 0.15) is 0 Å². The Morgan fingerprint density at radius 1 is 0.875 bits per heavy atom. The highest BCUT2D eigenvalue weighted by Gasteiger charge is 2.55. The van der Waals surface area contributed by atoms with Crippen molar-refractivity contribution >= 4 is 0 Å². The van der Waals surface area contributed by atoms with Crippen LogP contribution in [0, 0.1) is 0 Å². The Morgan fingerprint density at radius 3 is 1.96 bits per heavy atom. The summed E-state index contributed by atoms with van der Waals surface area (Å²) in [6, 6.07) is 0. The van der Waals surface area contributed by atoms with Crippen LogP contribution in [0.3, 0.4) is 0 Å². The normalized spacial score (nSPS) is 51.4. The van der Waals surface area contributed by atoms with Gasteiger partial charge in [-0.1, -0.05) is 0 Å². The Hall–Kier alpha value is -0.480. The average Bonchev–Trinajstić information content (AvgIpc) is 2.56. The number of hydrogen-bond donors (Lipinski definition) is 9. The predicted molar refractivity (Wildman–Crippen MR) is 69.8 cm³/mol. The number of aliphatic hydroxyl groups is 9. The molecular formula is C12H22O12. The monoisotopic (exact) mass is 358 g/mol. The largest absolute Gasteiger partial charge is 0.388 e. The standard InChI is InChI=1S/C12H22O12/c13-4-1-23-11(20,8(17)6(4)15)3-22-10(19)12(21)9(18)7(16)5(14)2-24-12/h4-10,13-21H,1-3H2/t4-,5-,6-,7-,8+,9+,10?,11+,12-/m1/s1. The molecule has 0 aromatic heterocycles. The lowest BCUT2D eigenvalue weighted by Crippen LogP contribution is -2.67. The van der Waals surface area contributed by atoms with Gasteiger partial charge in [0.15, 0.2) is 0 Å². The van der Waals surface area contributed by atoms with Gasteiger partial charge in [0.05, 0.1) is 13.2 Å². The lowest BCUT2D eigenvalue weighted by Gasteiger charge is -2.45. The van der Waals surface area contributed by atoms with Gasteiger partial charge in [-0.15, -0.1) is 0 Å². The predicted octanol–water partition coefficient (Wildman–Crippen LogP) is -6.08. The quantitative estimate of drug-likeness (QED) is 0.215. The van der Waals surface area contributed by atoms with E-state index in [0.29, 0.717) is 0 Å². The molecule has 0 radical (unpaired) electrons. The van der Waals surface area contributed by atoms with Crippen LogP contribution < -0.4 is 0 Å². The van der Waals surface area contributed by atoms with Crippen molar-refractivity contribution in [3.05, 3.63) is 0 Å². The molecule has 0 amide bonds. The smallest absolute Gasteiger partial charge is 0.247 e. The van der Waals surface area contributed by atoms with Gasteiger partial charge in [-0.3, -0.25) is 0 Å². The van der Waals surface area contributed by atoms with Crippen LogP contribution in [-0.2, 0) is 14.2 Å². The SMILES string of the molecule is OC(OC[C@]1(O)OC[C@@H](O)[C@@H](O)[C@@H]1O)[C@]1(O)OC[C@@H](O)[C@@H](O)[C@@H]1O. The fourth-order valence-electron chi connectivity index (χ4n) is 2.41. The number of ether oxygens (including phenoxy) is 3. The highest BCUT2D eigenvalue weighted by molar-refractivity contribution is 4.95. The molecule has 0 spiro atoms. The molecule has 0 saturated carbocycles. The zero-order chi connectivity index (χ0) is 18.3. The molecule has 0 aromatic rings. The van der Waals surface area contributed by atoms with Gasteiger partial charge in [-0.05, 0) is 0 Å². The Bertz CT molecular complexity index is 436. The third-order valence-corrected chi connectivity index (χ3v) is 4.11. The molecule has 0 aromatic carbocycles. The van der Waals surface area contributed by atoms with Crippen LogP contribution in [-0.4, -0.2) is 120 Å². The molecule has 2 rings (SSSR count). The summed E-state index contributed by atoms with van der Waals surface area (Å²) in [5.74, 6) is -5.35. The first kappa shape index (κ1) is 19.8. The summed E-state index contributed by atoms with van der Waals surface area (Å²) < 4.78 is 14.2. The molecule has 9 atom stereocenters. The van der Waals surface area contributed by atoms with Gasteiger partial charge < -0.3 is 60.2 Å². The lowest BCUT2D eigenvalue weighted by atomic mass is 9.96. The summed E-state index contributed by atoms with van der Waals surface area (Å²) in [6.45, 7) is -2.15. The van der Waals surface area contributed by atoms with Crippen molar-refractivity contribution in [1.82, 2.24) is 0 Å². The van der Waals surface area contributed by atoms with Crippen molar-refractivity contribution in [2.45, 2.75) is 54.5 Å². The van der Waals surface area contributed by atoms with E-state index in [4.69, 9.17) is 14.2 Å². The molecule has 12 heteroatoms. The molecular weight excluding hydrogens is 336 g/mol. The molecule has 24 heavy (non-hydrogen) atoms. The van der Waals surface area contributed by atoms with Crippen LogP contribution in [0.5, 0.6) is 0 Å². The van der Waals surface area contributed by atoms with E-state index in [1.165, 1.54) is 0 Å². The van der Waals surface area contributed by atoms with E-state index < -0.39 is 74.3 Å². The highest BCUT2D eigenvalue weighted by atomic mass is 16.7. The van der Waals surface area contributed by atoms with Crippen LogP contribution in [0.2, 0.25) is 0 Å². The minimum absolute atomic E-state index is 0.539.